The molecule has 4 aromatic rings. The number of anilines is 1. The van der Waals surface area contributed by atoms with Gasteiger partial charge in [-0.3, -0.25) is 4.90 Å². The number of halogens is 1. The van der Waals surface area contributed by atoms with Gasteiger partial charge < -0.3 is 10.0 Å². The van der Waals surface area contributed by atoms with Crippen molar-refractivity contribution in [2.45, 2.75) is 6.04 Å². The molecule has 1 aromatic heterocycles. The number of hydrogen-bond donors (Lipinski definition) is 1. The molecule has 166 valence electrons. The average Bonchev–Trinajstić information content (AvgIpc) is 2.86. The predicted molar refractivity (Wildman–Crippen MR) is 132 cm³/mol. The second-order valence-electron chi connectivity index (χ2n) is 8.24. The molecule has 6 heteroatoms. The Morgan fingerprint density at radius 2 is 1.48 bits per heavy atom. The van der Waals surface area contributed by atoms with Gasteiger partial charge in [-0.2, -0.15) is 0 Å². The fourth-order valence-electron chi connectivity index (χ4n) is 4.60. The molecule has 0 unspecified atom stereocenters. The predicted octanol–water partition coefficient (Wildman–Crippen LogP) is 5.50. The van der Waals surface area contributed by atoms with Crippen LogP contribution in [0.25, 0.3) is 10.9 Å². The molecule has 1 N–H and O–H groups in total. The molecule has 1 saturated heterocycles. The van der Waals surface area contributed by atoms with E-state index in [2.05, 4.69) is 46.2 Å². The van der Waals surface area contributed by atoms with Crippen molar-refractivity contribution in [2.24, 2.45) is 0 Å². The van der Waals surface area contributed by atoms with Crippen LogP contribution in [0, 0.1) is 0 Å². The van der Waals surface area contributed by atoms with E-state index < -0.39 is 5.97 Å². The van der Waals surface area contributed by atoms with E-state index in [4.69, 9.17) is 16.6 Å². The van der Waals surface area contributed by atoms with Crippen molar-refractivity contribution in [3.05, 3.63) is 107 Å². The Hall–Kier alpha value is -3.41. The molecule has 5 nitrogen and oxygen atoms in total. The Morgan fingerprint density at radius 3 is 2.18 bits per heavy atom. The van der Waals surface area contributed by atoms with E-state index in [0.29, 0.717) is 22.3 Å². The third-order valence-corrected chi connectivity index (χ3v) is 6.49. The molecule has 33 heavy (non-hydrogen) atoms. The van der Waals surface area contributed by atoms with E-state index in [-0.39, 0.29) is 6.04 Å². The highest BCUT2D eigenvalue weighted by atomic mass is 35.5. The number of fused-ring (bicyclic) bond motifs is 1. The molecular weight excluding hydrogens is 434 g/mol. The summed E-state index contributed by atoms with van der Waals surface area (Å²) < 4.78 is 0. The molecule has 1 atom stereocenters. The third kappa shape index (κ3) is 4.42. The normalized spacial score (nSPS) is 15.5. The van der Waals surface area contributed by atoms with Crippen LogP contribution in [0.3, 0.4) is 0 Å². The van der Waals surface area contributed by atoms with Crippen molar-refractivity contribution < 1.29 is 9.90 Å². The lowest BCUT2D eigenvalue weighted by Crippen LogP contribution is -2.48. The zero-order valence-electron chi connectivity index (χ0n) is 18.1. The maximum atomic E-state index is 11.9. The third-order valence-electron chi connectivity index (χ3n) is 6.24. The molecule has 1 fully saturated rings. The number of pyridine rings is 1. The Balaban J connectivity index is 1.41. The molecular formula is C27H24ClN3O2. The van der Waals surface area contributed by atoms with Crippen LogP contribution in [0.15, 0.2) is 84.9 Å². The number of benzene rings is 3. The first-order chi connectivity index (χ1) is 16.1. The minimum Gasteiger partial charge on any atom is -0.478 e. The molecule has 0 bridgehead atoms. The zero-order chi connectivity index (χ0) is 22.8. The number of aromatic nitrogens is 1. The summed E-state index contributed by atoms with van der Waals surface area (Å²) in [5.74, 6) is -0.214. The Bertz CT molecular complexity index is 1270. The van der Waals surface area contributed by atoms with Gasteiger partial charge in [0.05, 0.1) is 17.1 Å². The van der Waals surface area contributed by atoms with Crippen LogP contribution in [-0.2, 0) is 0 Å². The molecule has 0 amide bonds. The SMILES string of the molecule is O=C(O)c1cc(N2CCN([C@H](c3ccccc3)c3ccc(Cl)cc3)CC2)nc2ccccc12. The highest BCUT2D eigenvalue weighted by Crippen LogP contribution is 2.31. The Kier molecular flexibility index (Phi) is 5.99. The van der Waals surface area contributed by atoms with Crippen molar-refractivity contribution in [3.63, 3.8) is 0 Å². The number of para-hydroxylation sites is 1. The first-order valence-electron chi connectivity index (χ1n) is 11.0. The maximum Gasteiger partial charge on any atom is 0.336 e. The van der Waals surface area contributed by atoms with Gasteiger partial charge in [0.1, 0.15) is 5.82 Å². The summed E-state index contributed by atoms with van der Waals surface area (Å²) in [5.41, 5.74) is 3.45. The Labute approximate surface area is 197 Å². The number of hydrogen-bond acceptors (Lipinski definition) is 4. The van der Waals surface area contributed by atoms with E-state index >= 15 is 0 Å². The largest absolute Gasteiger partial charge is 0.478 e. The second-order valence-corrected chi connectivity index (χ2v) is 8.67. The van der Waals surface area contributed by atoms with Crippen molar-refractivity contribution in [2.75, 3.05) is 31.1 Å². The summed E-state index contributed by atoms with van der Waals surface area (Å²) >= 11 is 6.14. The van der Waals surface area contributed by atoms with Crippen molar-refractivity contribution in [3.8, 4) is 0 Å². The fourth-order valence-corrected chi connectivity index (χ4v) is 4.73. The van der Waals surface area contributed by atoms with E-state index in [0.717, 1.165) is 31.2 Å². The van der Waals surface area contributed by atoms with Gasteiger partial charge in [0.25, 0.3) is 0 Å². The van der Waals surface area contributed by atoms with Crippen LogP contribution < -0.4 is 4.90 Å². The first kappa shape index (κ1) is 21.4. The van der Waals surface area contributed by atoms with Crippen LogP contribution in [0.4, 0.5) is 5.82 Å². The molecule has 0 radical (unpaired) electrons. The van der Waals surface area contributed by atoms with Crippen LogP contribution in [-0.4, -0.2) is 47.1 Å². The van der Waals surface area contributed by atoms with Gasteiger partial charge in [-0.1, -0.05) is 72.3 Å². The minimum absolute atomic E-state index is 0.129. The number of aromatic carboxylic acids is 1. The lowest BCUT2D eigenvalue weighted by atomic mass is 9.96. The summed E-state index contributed by atoms with van der Waals surface area (Å²) in [5, 5.41) is 11.1. The molecule has 2 heterocycles. The second kappa shape index (κ2) is 9.22. The quantitative estimate of drug-likeness (QED) is 0.429. The van der Waals surface area contributed by atoms with Crippen LogP contribution >= 0.6 is 11.6 Å². The highest BCUT2D eigenvalue weighted by Gasteiger charge is 2.27. The monoisotopic (exact) mass is 457 g/mol. The van der Waals surface area contributed by atoms with Crippen LogP contribution in [0.1, 0.15) is 27.5 Å². The lowest BCUT2D eigenvalue weighted by molar-refractivity contribution is 0.0699. The van der Waals surface area contributed by atoms with Gasteiger partial charge in [-0.05, 0) is 35.4 Å². The molecule has 5 rings (SSSR count). The number of piperazine rings is 1. The molecule has 1 aliphatic rings. The number of carboxylic acid groups (broad SMARTS) is 1. The number of nitrogens with zero attached hydrogens (tertiary/aromatic N) is 3. The summed E-state index contributed by atoms with van der Waals surface area (Å²) in [4.78, 5) is 21.3. The maximum absolute atomic E-state index is 11.9. The summed E-state index contributed by atoms with van der Waals surface area (Å²) in [6.07, 6.45) is 0. The fraction of sp³-hybridized carbons (Fsp3) is 0.185. The smallest absolute Gasteiger partial charge is 0.336 e. The lowest BCUT2D eigenvalue weighted by Gasteiger charge is -2.40. The van der Waals surface area contributed by atoms with E-state index in [9.17, 15) is 9.90 Å². The number of carboxylic acids is 1. The molecule has 0 aliphatic carbocycles. The van der Waals surface area contributed by atoms with Gasteiger partial charge in [0, 0.05) is 36.6 Å². The zero-order valence-corrected chi connectivity index (χ0v) is 18.8. The minimum atomic E-state index is -0.930. The van der Waals surface area contributed by atoms with Crippen LogP contribution in [0.5, 0.6) is 0 Å². The molecule has 0 spiro atoms. The summed E-state index contributed by atoms with van der Waals surface area (Å²) in [6, 6.07) is 27.8. The molecule has 0 saturated carbocycles. The number of carbonyl (C=O) groups is 1. The summed E-state index contributed by atoms with van der Waals surface area (Å²) in [7, 11) is 0. The van der Waals surface area contributed by atoms with E-state index in [1.54, 1.807) is 6.07 Å². The highest BCUT2D eigenvalue weighted by molar-refractivity contribution is 6.30. The van der Waals surface area contributed by atoms with Gasteiger partial charge >= 0.3 is 5.97 Å². The van der Waals surface area contributed by atoms with Crippen molar-refractivity contribution in [1.29, 1.82) is 0 Å². The van der Waals surface area contributed by atoms with Crippen molar-refractivity contribution in [1.82, 2.24) is 9.88 Å². The number of rotatable bonds is 5. The van der Waals surface area contributed by atoms with Gasteiger partial charge in [-0.25, -0.2) is 9.78 Å². The molecule has 3 aromatic carbocycles. The van der Waals surface area contributed by atoms with Crippen molar-refractivity contribution >= 4 is 34.3 Å². The molecule has 1 aliphatic heterocycles. The average molecular weight is 458 g/mol. The van der Waals surface area contributed by atoms with E-state index in [1.807, 2.05) is 42.5 Å². The Morgan fingerprint density at radius 1 is 0.848 bits per heavy atom. The summed E-state index contributed by atoms with van der Waals surface area (Å²) in [6.45, 7) is 3.20. The van der Waals surface area contributed by atoms with Gasteiger partial charge in [0.15, 0.2) is 0 Å². The standard InChI is InChI=1S/C27H24ClN3O2/c28-21-12-10-20(11-13-21)26(19-6-2-1-3-7-19)31-16-14-30(15-17-31)25-18-23(27(32)33)22-8-4-5-9-24(22)29-25/h1-13,18,26H,14-17H2,(H,32,33)/t26-/m1/s1. The topological polar surface area (TPSA) is 56.7 Å². The first-order valence-corrected chi connectivity index (χ1v) is 11.4. The van der Waals surface area contributed by atoms with Gasteiger partial charge in [0.2, 0.25) is 0 Å². The van der Waals surface area contributed by atoms with Gasteiger partial charge in [-0.15, -0.1) is 0 Å². The van der Waals surface area contributed by atoms with Crippen LogP contribution in [0.2, 0.25) is 5.02 Å². The van der Waals surface area contributed by atoms with E-state index in [1.165, 1.54) is 11.1 Å².